The van der Waals surface area contributed by atoms with Crippen molar-refractivity contribution in [1.82, 2.24) is 35.0 Å². The second-order valence-corrected chi connectivity index (χ2v) is 15.2. The Kier molecular flexibility index (Phi) is 10.3. The van der Waals surface area contributed by atoms with Gasteiger partial charge < -0.3 is 15.2 Å². The second kappa shape index (κ2) is 14.3. The first-order valence-corrected chi connectivity index (χ1v) is 17.4. The van der Waals surface area contributed by atoms with Gasteiger partial charge in [-0.1, -0.05) is 45.0 Å². The third-order valence-corrected chi connectivity index (χ3v) is 9.07. The summed E-state index contributed by atoms with van der Waals surface area (Å²) in [4.78, 5) is 29.5. The number of carboxylic acid groups (broad SMARTS) is 1. The minimum absolute atomic E-state index is 0.0462. The Hall–Kier alpha value is -4.95. The molecule has 3 aromatic heterocycles. The molecule has 5 rings (SSSR count). The third kappa shape index (κ3) is 8.95. The van der Waals surface area contributed by atoms with E-state index in [2.05, 4.69) is 50.9 Å². The van der Waals surface area contributed by atoms with Crippen LogP contribution in [0.1, 0.15) is 74.3 Å². The highest BCUT2D eigenvalue weighted by Gasteiger charge is 2.23. The number of aromatic carboxylic acids is 1. The van der Waals surface area contributed by atoms with Crippen LogP contribution in [0.5, 0.6) is 5.88 Å². The minimum Gasteiger partial charge on any atom is -0.478 e. The van der Waals surface area contributed by atoms with Gasteiger partial charge in [-0.15, -0.1) is 0 Å². The number of anilines is 1. The SMILES string of the molecule is Cc1cccc(C)c1-c1cc(OCC(CC(C)(C)C)NCc2cnc3nn(C(C)C)cc3n2)nc(NS(=O)(=O)c2cccc(C(=O)O)c2)n1. The van der Waals surface area contributed by atoms with Crippen LogP contribution >= 0.6 is 0 Å². The summed E-state index contributed by atoms with van der Waals surface area (Å²) in [6, 6.07) is 12.7. The van der Waals surface area contributed by atoms with E-state index in [1.165, 1.54) is 18.2 Å². The molecule has 0 amide bonds. The quantitative estimate of drug-likeness (QED) is 0.133. The fraction of sp³-hybridized carbons (Fsp3) is 0.371. The average molecular weight is 687 g/mol. The number of nitrogens with zero attached hydrogens (tertiary/aromatic N) is 6. The van der Waals surface area contributed by atoms with E-state index in [9.17, 15) is 18.3 Å². The van der Waals surface area contributed by atoms with E-state index in [0.717, 1.165) is 40.4 Å². The Bertz CT molecular complexity index is 2070. The van der Waals surface area contributed by atoms with Crippen molar-refractivity contribution >= 4 is 33.1 Å². The van der Waals surface area contributed by atoms with Crippen molar-refractivity contribution in [2.45, 2.75) is 78.4 Å². The largest absolute Gasteiger partial charge is 0.478 e. The standard InChI is InChI=1S/C35H42N8O5S/c1-21(2)43-19-29-32(41-43)37-18-26(38-29)17-36-25(16-35(5,6)7)20-48-30-15-28(31-22(3)10-8-11-23(31)4)39-34(40-30)42-49(46,47)27-13-9-12-24(14-27)33(44)45/h8-15,18-19,21,25,36H,16-17,20H2,1-7H3,(H,44,45)(H,39,40,42). The lowest BCUT2D eigenvalue weighted by molar-refractivity contribution is 0.0696. The lowest BCUT2D eigenvalue weighted by atomic mass is 9.88. The van der Waals surface area contributed by atoms with Crippen LogP contribution in [0.4, 0.5) is 5.95 Å². The first kappa shape index (κ1) is 35.4. The lowest BCUT2D eigenvalue weighted by Gasteiger charge is -2.27. The van der Waals surface area contributed by atoms with Gasteiger partial charge in [0.15, 0.2) is 5.65 Å². The van der Waals surface area contributed by atoms with Gasteiger partial charge >= 0.3 is 5.97 Å². The molecule has 1 unspecified atom stereocenters. The van der Waals surface area contributed by atoms with Crippen molar-refractivity contribution in [2.75, 3.05) is 11.3 Å². The number of sulfonamides is 1. The van der Waals surface area contributed by atoms with Crippen LogP contribution < -0.4 is 14.8 Å². The summed E-state index contributed by atoms with van der Waals surface area (Å²) in [5, 5.41) is 17.4. The summed E-state index contributed by atoms with van der Waals surface area (Å²) in [5.74, 6) is -1.27. The third-order valence-electron chi connectivity index (χ3n) is 7.74. The number of carbonyl (C=O) groups is 1. The summed E-state index contributed by atoms with van der Waals surface area (Å²) >= 11 is 0. The number of aromatic nitrogens is 6. The predicted molar refractivity (Wildman–Crippen MR) is 187 cm³/mol. The molecular weight excluding hydrogens is 645 g/mol. The van der Waals surface area contributed by atoms with Crippen molar-refractivity contribution in [3.8, 4) is 17.1 Å². The molecule has 0 aliphatic carbocycles. The molecule has 5 aromatic rings. The average Bonchev–Trinajstić information content (AvgIpc) is 3.46. The van der Waals surface area contributed by atoms with Gasteiger partial charge in [-0.05, 0) is 68.9 Å². The van der Waals surface area contributed by atoms with Crippen LogP contribution in [-0.2, 0) is 16.6 Å². The molecule has 0 fully saturated rings. The molecule has 258 valence electrons. The Morgan fingerprint density at radius 2 is 1.73 bits per heavy atom. The Morgan fingerprint density at radius 1 is 1.02 bits per heavy atom. The molecule has 0 saturated carbocycles. The Balaban J connectivity index is 1.42. The fourth-order valence-corrected chi connectivity index (χ4v) is 6.43. The molecular formula is C35H42N8O5S. The molecule has 14 heteroatoms. The summed E-state index contributed by atoms with van der Waals surface area (Å²) < 4.78 is 37.3. The lowest BCUT2D eigenvalue weighted by Crippen LogP contribution is -2.37. The zero-order chi connectivity index (χ0) is 35.5. The summed E-state index contributed by atoms with van der Waals surface area (Å²) in [6.07, 6.45) is 4.36. The zero-order valence-electron chi connectivity index (χ0n) is 28.7. The van der Waals surface area contributed by atoms with Gasteiger partial charge in [-0.25, -0.2) is 32.9 Å². The van der Waals surface area contributed by atoms with E-state index < -0.39 is 16.0 Å². The van der Waals surface area contributed by atoms with Crippen molar-refractivity contribution < 1.29 is 23.1 Å². The fourth-order valence-electron chi connectivity index (χ4n) is 5.44. The maximum atomic E-state index is 13.4. The Morgan fingerprint density at radius 3 is 2.41 bits per heavy atom. The number of benzene rings is 2. The molecule has 0 saturated heterocycles. The molecule has 3 heterocycles. The van der Waals surface area contributed by atoms with Crippen LogP contribution in [-0.4, -0.2) is 61.9 Å². The van der Waals surface area contributed by atoms with E-state index >= 15 is 0 Å². The number of ether oxygens (including phenoxy) is 1. The maximum absolute atomic E-state index is 13.4. The number of rotatable bonds is 13. The van der Waals surface area contributed by atoms with Gasteiger partial charge in [0, 0.05) is 30.3 Å². The molecule has 0 radical (unpaired) electrons. The number of carboxylic acids is 1. The number of hydrogen-bond donors (Lipinski definition) is 3. The summed E-state index contributed by atoms with van der Waals surface area (Å²) in [5.41, 5.74) is 5.05. The van der Waals surface area contributed by atoms with Gasteiger partial charge in [0.05, 0.1) is 34.2 Å². The van der Waals surface area contributed by atoms with Crippen molar-refractivity contribution in [2.24, 2.45) is 5.41 Å². The smallest absolute Gasteiger partial charge is 0.335 e. The van der Waals surface area contributed by atoms with E-state index in [1.54, 1.807) is 12.3 Å². The Labute approximate surface area is 286 Å². The highest BCUT2D eigenvalue weighted by Crippen LogP contribution is 2.30. The molecule has 2 aromatic carbocycles. The molecule has 3 N–H and O–H groups in total. The monoisotopic (exact) mass is 686 g/mol. The maximum Gasteiger partial charge on any atom is 0.335 e. The predicted octanol–water partition coefficient (Wildman–Crippen LogP) is 5.95. The second-order valence-electron chi connectivity index (χ2n) is 13.5. The van der Waals surface area contributed by atoms with E-state index in [1.807, 2.05) is 56.8 Å². The van der Waals surface area contributed by atoms with Crippen LogP contribution in [0, 0.1) is 19.3 Å². The zero-order valence-corrected chi connectivity index (χ0v) is 29.5. The van der Waals surface area contributed by atoms with Gasteiger partial charge in [-0.2, -0.15) is 10.1 Å². The number of hydrogen-bond acceptors (Lipinski definition) is 10. The molecule has 0 aliphatic rings. The molecule has 13 nitrogen and oxygen atoms in total. The molecule has 49 heavy (non-hydrogen) atoms. The topological polar surface area (TPSA) is 174 Å². The minimum atomic E-state index is -4.24. The van der Waals surface area contributed by atoms with Crippen LogP contribution in [0.15, 0.2) is 65.8 Å². The van der Waals surface area contributed by atoms with Crippen molar-refractivity contribution in [3.63, 3.8) is 0 Å². The molecule has 1 atom stereocenters. The van der Waals surface area contributed by atoms with E-state index in [0.29, 0.717) is 17.9 Å². The van der Waals surface area contributed by atoms with Crippen molar-refractivity contribution in [3.05, 3.63) is 83.3 Å². The van der Waals surface area contributed by atoms with Gasteiger partial charge in [0.25, 0.3) is 10.0 Å². The van der Waals surface area contributed by atoms with Crippen LogP contribution in [0.2, 0.25) is 0 Å². The van der Waals surface area contributed by atoms with Gasteiger partial charge in [0.1, 0.15) is 12.1 Å². The highest BCUT2D eigenvalue weighted by molar-refractivity contribution is 7.92. The number of nitrogens with one attached hydrogen (secondary N) is 2. The molecule has 0 spiro atoms. The molecule has 0 aliphatic heterocycles. The number of fused-ring (bicyclic) bond motifs is 1. The molecule has 0 bridgehead atoms. The highest BCUT2D eigenvalue weighted by atomic mass is 32.2. The van der Waals surface area contributed by atoms with Crippen LogP contribution in [0.25, 0.3) is 22.4 Å². The summed E-state index contributed by atoms with van der Waals surface area (Å²) in [7, 11) is -4.24. The van der Waals surface area contributed by atoms with Crippen LogP contribution in [0.3, 0.4) is 0 Å². The number of aryl methyl sites for hydroxylation is 2. The van der Waals surface area contributed by atoms with Gasteiger partial charge in [0.2, 0.25) is 11.8 Å². The van der Waals surface area contributed by atoms with Gasteiger partial charge in [-0.3, -0.25) is 4.68 Å². The normalized spacial score (nSPS) is 12.7. The van der Waals surface area contributed by atoms with E-state index in [4.69, 9.17) is 9.72 Å². The van der Waals surface area contributed by atoms with E-state index in [-0.39, 0.29) is 46.4 Å². The summed E-state index contributed by atoms with van der Waals surface area (Å²) in [6.45, 7) is 15.1. The first-order chi connectivity index (χ1) is 23.1. The van der Waals surface area contributed by atoms with Crippen molar-refractivity contribution in [1.29, 1.82) is 0 Å². The first-order valence-electron chi connectivity index (χ1n) is 16.0.